The van der Waals surface area contributed by atoms with E-state index in [4.69, 9.17) is 5.11 Å². The van der Waals surface area contributed by atoms with Gasteiger partial charge in [0, 0.05) is 33.2 Å². The Balaban J connectivity index is -0.000000120. The van der Waals surface area contributed by atoms with Crippen molar-refractivity contribution in [3.8, 4) is 0 Å². The van der Waals surface area contributed by atoms with Crippen molar-refractivity contribution in [2.24, 2.45) is 0 Å². The molecule has 3 radical (unpaired) electrons. The predicted molar refractivity (Wildman–Crippen MR) is 35.0 cm³/mol. The molecule has 0 aliphatic rings. The number of carboxylic acids is 3. The number of rotatable bonds is 5. The molecule has 0 bridgehead atoms. The topological polar surface area (TPSA) is 141 Å². The first-order valence-corrected chi connectivity index (χ1v) is 3.11. The van der Waals surface area contributed by atoms with Crippen LogP contribution in [0.2, 0.25) is 0 Å². The molecule has 0 aromatic rings. The van der Waals surface area contributed by atoms with E-state index >= 15 is 0 Å². The van der Waals surface area contributed by atoms with E-state index in [0.29, 0.717) is 0 Å². The number of carboxylic acid groups (broad SMARTS) is 3. The summed E-state index contributed by atoms with van der Waals surface area (Å²) in [5.74, 6) is -5.98. The number of carbonyl (C=O) groups is 3. The summed E-state index contributed by atoms with van der Waals surface area (Å²) in [5.41, 5.74) is -2.97. The van der Waals surface area contributed by atoms with Gasteiger partial charge in [-0.3, -0.25) is 0 Å². The zero-order valence-corrected chi connectivity index (χ0v) is 15.9. The number of hydrogen-bond donors (Lipinski definition) is 1. The van der Waals surface area contributed by atoms with Crippen LogP contribution in [0.4, 0.5) is 0 Å². The molecule has 0 aliphatic carbocycles. The molecule has 0 aromatic heterocycles. The third kappa shape index (κ3) is 13.7. The van der Waals surface area contributed by atoms with Gasteiger partial charge in [0.05, 0.1) is 5.97 Å². The van der Waals surface area contributed by atoms with Crippen LogP contribution in [-0.4, -0.2) is 37.0 Å². The minimum atomic E-state index is -2.97. The summed E-state index contributed by atoms with van der Waals surface area (Å²) in [6.45, 7) is 0. The van der Waals surface area contributed by atoms with Crippen molar-refractivity contribution in [3.05, 3.63) is 0 Å². The Hall–Kier alpha value is 1.43. The quantitative estimate of drug-likeness (QED) is 0.488. The van der Waals surface area contributed by atoms with Crippen LogP contribution < -0.4 is 104 Å². The van der Waals surface area contributed by atoms with Crippen LogP contribution in [0.25, 0.3) is 0 Å². The van der Waals surface area contributed by atoms with Gasteiger partial charge in [0.25, 0.3) is 0 Å². The van der Waals surface area contributed by atoms with Gasteiger partial charge in [-0.05, 0) is 0 Å². The molecule has 0 fully saturated rings. The average Bonchev–Trinajstić information content (AvgIpc) is 1.82. The zero-order valence-electron chi connectivity index (χ0n) is 9.89. The standard InChI is InChI=1S/C6H8O7.B.3Na/c7-3(8)1-6(13,5(11)12)2-4(9)10;;;;/h13H,1-2H2,(H,7,8)(H,9,10)(H,11,12);;;;/q;;3*+1/p-3. The summed E-state index contributed by atoms with van der Waals surface area (Å²) in [4.78, 5) is 30.0. The van der Waals surface area contributed by atoms with Gasteiger partial charge in [-0.2, -0.15) is 0 Å². The minimum Gasteiger partial charge on any atom is -0.550 e. The van der Waals surface area contributed by atoms with E-state index in [1.807, 2.05) is 0 Å². The molecule has 0 amide bonds. The summed E-state index contributed by atoms with van der Waals surface area (Å²) in [5, 5.41) is 38.9. The first-order valence-electron chi connectivity index (χ1n) is 3.11. The molecule has 1 N–H and O–H groups in total. The average molecular weight is 269 g/mol. The molecule has 77 valence electrons. The third-order valence-electron chi connectivity index (χ3n) is 1.25. The second-order valence-corrected chi connectivity index (χ2v) is 2.42. The van der Waals surface area contributed by atoms with Gasteiger partial charge >= 0.3 is 88.7 Å². The van der Waals surface area contributed by atoms with Crippen molar-refractivity contribution in [1.29, 1.82) is 0 Å². The molecule has 17 heavy (non-hydrogen) atoms. The Bertz CT molecular complexity index is 244. The molecule has 7 nitrogen and oxygen atoms in total. The Kier molecular flexibility index (Phi) is 25.3. The van der Waals surface area contributed by atoms with Gasteiger partial charge in [-0.15, -0.1) is 0 Å². The van der Waals surface area contributed by atoms with Crippen molar-refractivity contribution in [3.63, 3.8) is 0 Å². The van der Waals surface area contributed by atoms with E-state index in [0.717, 1.165) is 0 Å². The van der Waals surface area contributed by atoms with Crippen LogP contribution in [0.3, 0.4) is 0 Å². The van der Waals surface area contributed by atoms with Crippen molar-refractivity contribution in [2.75, 3.05) is 0 Å². The number of aliphatic hydroxyl groups is 1. The van der Waals surface area contributed by atoms with Crippen molar-refractivity contribution in [2.45, 2.75) is 18.4 Å². The number of hydrogen-bond acceptors (Lipinski definition) is 7. The van der Waals surface area contributed by atoms with Gasteiger partial charge in [0.2, 0.25) is 0 Å². The first kappa shape index (κ1) is 31.0. The zero-order chi connectivity index (χ0) is 10.6. The second-order valence-electron chi connectivity index (χ2n) is 2.42. The largest absolute Gasteiger partial charge is 1.00 e. The van der Waals surface area contributed by atoms with Crippen molar-refractivity contribution < 1.29 is 123 Å². The molecule has 0 unspecified atom stereocenters. The van der Waals surface area contributed by atoms with E-state index in [9.17, 15) is 29.7 Å². The normalized spacial score (nSPS) is 8.29. The fourth-order valence-corrected chi connectivity index (χ4v) is 0.684. The maximum absolute atomic E-state index is 10.1. The monoisotopic (exact) mass is 269 g/mol. The van der Waals surface area contributed by atoms with Gasteiger partial charge in [-0.25, -0.2) is 0 Å². The molecule has 0 atom stereocenters. The predicted octanol–water partition coefficient (Wildman–Crippen LogP) is -14.6. The fraction of sp³-hybridized carbons (Fsp3) is 0.500. The Morgan fingerprint density at radius 1 is 0.882 bits per heavy atom. The number of aliphatic carboxylic acids is 3. The number of carbonyl (C=O) groups excluding carboxylic acids is 3. The van der Waals surface area contributed by atoms with Crippen LogP contribution in [0.15, 0.2) is 0 Å². The molecule has 0 rings (SSSR count). The molecule has 0 aliphatic heterocycles. The maximum atomic E-state index is 10.1. The summed E-state index contributed by atoms with van der Waals surface area (Å²) in [6, 6.07) is 0. The van der Waals surface area contributed by atoms with Gasteiger partial charge in [-0.1, -0.05) is 0 Å². The van der Waals surface area contributed by atoms with E-state index in [-0.39, 0.29) is 97.1 Å². The molecule has 0 spiro atoms. The third-order valence-corrected chi connectivity index (χ3v) is 1.25. The SMILES string of the molecule is O=C([O-])CC(O)(CC(=O)[O-])C(=O)[O-].[B].[Na+].[Na+].[Na+]. The van der Waals surface area contributed by atoms with Gasteiger partial charge < -0.3 is 34.8 Å². The molecule has 0 saturated heterocycles. The van der Waals surface area contributed by atoms with Gasteiger partial charge in [0.15, 0.2) is 0 Å². The molecule has 0 saturated carbocycles. The Labute approximate surface area is 166 Å². The van der Waals surface area contributed by atoms with E-state index in [1.54, 1.807) is 0 Å². The van der Waals surface area contributed by atoms with E-state index in [2.05, 4.69) is 0 Å². The Morgan fingerprint density at radius 3 is 1.24 bits per heavy atom. The molecule has 0 aromatic carbocycles. The van der Waals surface area contributed by atoms with Crippen molar-refractivity contribution in [1.82, 2.24) is 0 Å². The van der Waals surface area contributed by atoms with Crippen molar-refractivity contribution >= 4 is 26.3 Å². The molecule has 11 heteroatoms. The van der Waals surface area contributed by atoms with E-state index < -0.39 is 36.4 Å². The smallest absolute Gasteiger partial charge is 0.550 e. The summed E-state index contributed by atoms with van der Waals surface area (Å²) in [7, 11) is 0. The fourth-order valence-electron chi connectivity index (χ4n) is 0.684. The molecular weight excluding hydrogens is 264 g/mol. The minimum absolute atomic E-state index is 0. The second kappa shape index (κ2) is 13.9. The van der Waals surface area contributed by atoms with Crippen LogP contribution in [0, 0.1) is 0 Å². The van der Waals surface area contributed by atoms with E-state index in [1.165, 1.54) is 0 Å². The summed E-state index contributed by atoms with van der Waals surface area (Å²) < 4.78 is 0. The van der Waals surface area contributed by atoms with Crippen LogP contribution in [-0.2, 0) is 14.4 Å². The molecule has 0 heterocycles. The molecular formula is C6H5BNa3O7. The summed E-state index contributed by atoms with van der Waals surface area (Å²) in [6.07, 6.45) is -2.72. The van der Waals surface area contributed by atoms with Crippen LogP contribution >= 0.6 is 0 Å². The van der Waals surface area contributed by atoms with Crippen LogP contribution in [0.1, 0.15) is 12.8 Å². The maximum Gasteiger partial charge on any atom is 1.00 e. The van der Waals surface area contributed by atoms with Gasteiger partial charge in [0.1, 0.15) is 5.60 Å². The van der Waals surface area contributed by atoms with Crippen LogP contribution in [0.5, 0.6) is 0 Å². The summed E-state index contributed by atoms with van der Waals surface area (Å²) >= 11 is 0. The Morgan fingerprint density at radius 2 is 1.12 bits per heavy atom. The first-order chi connectivity index (χ1) is 5.78.